The number of pyridine rings is 1. The molecule has 2 N–H and O–H groups in total. The maximum atomic E-state index is 13.1. The van der Waals surface area contributed by atoms with Crippen LogP contribution in [-0.2, 0) is 15.7 Å². The number of rotatable bonds is 3. The van der Waals surface area contributed by atoms with Crippen LogP contribution in [0.4, 0.5) is 18.9 Å². The number of nitrogens with zero attached hydrogens (tertiary/aromatic N) is 1. The highest BCUT2D eigenvalue weighted by molar-refractivity contribution is 6.42. The number of halogens is 5. The third-order valence-corrected chi connectivity index (χ3v) is 6.01. The number of carbonyl (C=O) groups is 1. The summed E-state index contributed by atoms with van der Waals surface area (Å²) >= 11 is 11.8. The zero-order valence-corrected chi connectivity index (χ0v) is 16.2. The van der Waals surface area contributed by atoms with Gasteiger partial charge in [0.1, 0.15) is 5.69 Å². The van der Waals surface area contributed by atoms with Gasteiger partial charge in [0.15, 0.2) is 0 Å². The Labute approximate surface area is 173 Å². The van der Waals surface area contributed by atoms with Crippen molar-refractivity contribution in [3.8, 4) is 0 Å². The highest BCUT2D eigenvalue weighted by Crippen LogP contribution is 2.49. The molecule has 0 aliphatic carbocycles. The molecule has 3 heterocycles. The van der Waals surface area contributed by atoms with E-state index in [0.29, 0.717) is 10.7 Å². The summed E-state index contributed by atoms with van der Waals surface area (Å²) in [4.78, 5) is 16.3. The van der Waals surface area contributed by atoms with Gasteiger partial charge in [0.05, 0.1) is 34.3 Å². The topological polar surface area (TPSA) is 71.5 Å². The monoisotopic (exact) mass is 446 g/mol. The predicted molar refractivity (Wildman–Crippen MR) is 99.8 cm³/mol. The first kappa shape index (κ1) is 20.4. The number of ether oxygens (including phenoxy) is 1. The Morgan fingerprint density at radius 3 is 2.66 bits per heavy atom. The summed E-state index contributed by atoms with van der Waals surface area (Å²) in [5.41, 5.74) is -0.416. The minimum absolute atomic E-state index is 0.234. The van der Waals surface area contributed by atoms with Crippen molar-refractivity contribution in [2.45, 2.75) is 36.8 Å². The predicted octanol–water partition coefficient (Wildman–Crippen LogP) is 4.28. The van der Waals surface area contributed by atoms with Crippen molar-refractivity contribution in [1.29, 1.82) is 0 Å². The molecule has 29 heavy (non-hydrogen) atoms. The molecule has 2 aliphatic heterocycles. The zero-order chi connectivity index (χ0) is 20.9. The molecule has 2 aromatic rings. The van der Waals surface area contributed by atoms with E-state index in [1.807, 2.05) is 0 Å². The number of hydrogen-bond acceptors (Lipinski definition) is 4. The highest BCUT2D eigenvalue weighted by atomic mass is 35.5. The van der Waals surface area contributed by atoms with Crippen LogP contribution in [0.2, 0.25) is 10.0 Å². The van der Waals surface area contributed by atoms with E-state index >= 15 is 0 Å². The summed E-state index contributed by atoms with van der Waals surface area (Å²) < 4.78 is 45.0. The molecular formula is C19H15Cl2F3N2O3. The summed E-state index contributed by atoms with van der Waals surface area (Å²) in [6, 6.07) is 6.89. The van der Waals surface area contributed by atoms with Crippen LogP contribution in [0.5, 0.6) is 0 Å². The van der Waals surface area contributed by atoms with E-state index in [-0.39, 0.29) is 17.0 Å². The molecule has 10 heteroatoms. The fourth-order valence-electron chi connectivity index (χ4n) is 4.05. The lowest BCUT2D eigenvalue weighted by atomic mass is 9.74. The Kier molecular flexibility index (Phi) is 5.23. The standard InChI is InChI=1S/C19H15Cl2F3N2O3/c20-10-2-1-9(6-11(10)21)26-18(28)16-13-7-12(27)17(29-13)15(16)8-3-4-25-14(5-8)19(22,23)24/h1-6,12-13,15-17,27H,7H2,(H,26,28)/t12-,13+,15+,16-,17-/m0/s1. The van der Waals surface area contributed by atoms with E-state index in [1.165, 1.54) is 18.2 Å². The Hall–Kier alpha value is -1.87. The van der Waals surface area contributed by atoms with Crippen LogP contribution >= 0.6 is 23.2 Å². The van der Waals surface area contributed by atoms with Crippen molar-refractivity contribution in [2.75, 3.05) is 5.32 Å². The molecule has 2 aliphatic rings. The molecule has 0 saturated carbocycles. The molecule has 0 unspecified atom stereocenters. The lowest BCUT2D eigenvalue weighted by Gasteiger charge is -2.30. The molecule has 1 aromatic carbocycles. The summed E-state index contributed by atoms with van der Waals surface area (Å²) in [7, 11) is 0. The van der Waals surface area contributed by atoms with Crippen LogP contribution in [0, 0.1) is 5.92 Å². The molecule has 0 radical (unpaired) electrons. The van der Waals surface area contributed by atoms with E-state index in [9.17, 15) is 23.1 Å². The van der Waals surface area contributed by atoms with Gasteiger partial charge in [-0.15, -0.1) is 0 Å². The molecule has 2 bridgehead atoms. The molecule has 1 aromatic heterocycles. The van der Waals surface area contributed by atoms with Gasteiger partial charge in [-0.05, 0) is 35.9 Å². The van der Waals surface area contributed by atoms with Gasteiger partial charge in [-0.2, -0.15) is 13.2 Å². The highest BCUT2D eigenvalue weighted by Gasteiger charge is 2.57. The first-order chi connectivity index (χ1) is 13.6. The van der Waals surface area contributed by atoms with Gasteiger partial charge >= 0.3 is 6.18 Å². The smallest absolute Gasteiger partial charge is 0.390 e. The maximum absolute atomic E-state index is 13.1. The number of alkyl halides is 3. The van der Waals surface area contributed by atoms with Gasteiger partial charge in [-0.3, -0.25) is 9.78 Å². The van der Waals surface area contributed by atoms with Gasteiger partial charge < -0.3 is 15.2 Å². The van der Waals surface area contributed by atoms with Crippen LogP contribution in [0.3, 0.4) is 0 Å². The van der Waals surface area contributed by atoms with Gasteiger partial charge in [-0.1, -0.05) is 23.2 Å². The number of anilines is 1. The summed E-state index contributed by atoms with van der Waals surface area (Å²) in [5.74, 6) is -1.95. The number of amides is 1. The molecule has 0 spiro atoms. The first-order valence-corrected chi connectivity index (χ1v) is 9.53. The zero-order valence-electron chi connectivity index (χ0n) is 14.7. The Morgan fingerprint density at radius 1 is 1.21 bits per heavy atom. The molecular weight excluding hydrogens is 432 g/mol. The van der Waals surface area contributed by atoms with Crippen molar-refractivity contribution < 1.29 is 27.8 Å². The number of aliphatic hydroxyl groups is 1. The average Bonchev–Trinajstić information content (AvgIpc) is 3.21. The molecule has 2 saturated heterocycles. The van der Waals surface area contributed by atoms with E-state index in [4.69, 9.17) is 27.9 Å². The van der Waals surface area contributed by atoms with Gasteiger partial charge in [0.2, 0.25) is 5.91 Å². The third kappa shape index (κ3) is 3.82. The van der Waals surface area contributed by atoms with Crippen molar-refractivity contribution >= 4 is 34.8 Å². The van der Waals surface area contributed by atoms with Crippen LogP contribution in [0.1, 0.15) is 23.6 Å². The number of nitrogens with one attached hydrogen (secondary N) is 1. The molecule has 4 rings (SSSR count). The molecule has 2 fully saturated rings. The maximum Gasteiger partial charge on any atom is 0.433 e. The fourth-order valence-corrected chi connectivity index (χ4v) is 4.35. The number of aromatic nitrogens is 1. The Balaban J connectivity index is 1.65. The normalized spacial score (nSPS) is 28.6. The van der Waals surface area contributed by atoms with E-state index in [0.717, 1.165) is 12.3 Å². The average molecular weight is 447 g/mol. The van der Waals surface area contributed by atoms with Crippen LogP contribution in [0.25, 0.3) is 0 Å². The molecule has 154 valence electrons. The largest absolute Gasteiger partial charge is 0.433 e. The Bertz CT molecular complexity index is 957. The first-order valence-electron chi connectivity index (χ1n) is 8.78. The second-order valence-electron chi connectivity index (χ2n) is 7.08. The van der Waals surface area contributed by atoms with Gasteiger partial charge in [-0.25, -0.2) is 0 Å². The lowest BCUT2D eigenvalue weighted by Crippen LogP contribution is -2.41. The van der Waals surface area contributed by atoms with E-state index in [1.54, 1.807) is 6.07 Å². The van der Waals surface area contributed by atoms with Gasteiger partial charge in [0.25, 0.3) is 0 Å². The summed E-state index contributed by atoms with van der Waals surface area (Å²) in [6.07, 6.45) is -5.58. The van der Waals surface area contributed by atoms with Crippen LogP contribution in [-0.4, -0.2) is 34.3 Å². The fraction of sp³-hybridized carbons (Fsp3) is 0.368. The minimum Gasteiger partial charge on any atom is -0.390 e. The van der Waals surface area contributed by atoms with Crippen molar-refractivity contribution in [3.63, 3.8) is 0 Å². The van der Waals surface area contributed by atoms with Crippen molar-refractivity contribution in [2.24, 2.45) is 5.92 Å². The van der Waals surface area contributed by atoms with Crippen LogP contribution < -0.4 is 5.32 Å². The Morgan fingerprint density at radius 2 is 1.97 bits per heavy atom. The summed E-state index contributed by atoms with van der Waals surface area (Å²) in [6.45, 7) is 0. The number of benzene rings is 1. The SMILES string of the molecule is O=C(Nc1ccc(Cl)c(Cl)c1)[C@@H]1[C@@H](c2ccnc(C(F)(F)F)c2)[C@H]2O[C@@H]1C[C@@H]2O. The number of hydrogen-bond donors (Lipinski definition) is 2. The van der Waals surface area contributed by atoms with Crippen LogP contribution in [0.15, 0.2) is 36.5 Å². The number of aliphatic hydroxyl groups excluding tert-OH is 1. The molecule has 5 nitrogen and oxygen atoms in total. The number of fused-ring (bicyclic) bond motifs is 2. The van der Waals surface area contributed by atoms with E-state index in [2.05, 4.69) is 10.3 Å². The summed E-state index contributed by atoms with van der Waals surface area (Å²) in [5, 5.41) is 13.5. The quantitative estimate of drug-likeness (QED) is 0.737. The third-order valence-electron chi connectivity index (χ3n) is 5.28. The second kappa shape index (κ2) is 7.43. The number of carbonyl (C=O) groups excluding carboxylic acids is 1. The van der Waals surface area contributed by atoms with E-state index < -0.39 is 47.9 Å². The van der Waals surface area contributed by atoms with Crippen molar-refractivity contribution in [1.82, 2.24) is 4.98 Å². The molecule has 5 atom stereocenters. The second-order valence-corrected chi connectivity index (χ2v) is 7.90. The van der Waals surface area contributed by atoms with Gasteiger partial charge in [0, 0.05) is 24.2 Å². The minimum atomic E-state index is -4.62. The lowest BCUT2D eigenvalue weighted by molar-refractivity contribution is -0.141. The van der Waals surface area contributed by atoms with Crippen molar-refractivity contribution in [3.05, 3.63) is 57.8 Å². The molecule has 1 amide bonds.